The number of thiophene rings is 1. The van der Waals surface area contributed by atoms with Crippen molar-refractivity contribution in [3.8, 4) is 22.1 Å². The number of amides is 1. The molecule has 4 aromatic rings. The van der Waals surface area contributed by atoms with E-state index in [1.54, 1.807) is 35.0 Å². The Bertz CT molecular complexity index is 1300. The number of hydrogen-bond donors (Lipinski definition) is 1. The predicted molar refractivity (Wildman–Crippen MR) is 128 cm³/mol. The summed E-state index contributed by atoms with van der Waals surface area (Å²) < 4.78 is 29.2. The van der Waals surface area contributed by atoms with Crippen LogP contribution in [0.1, 0.15) is 25.7 Å². The number of rotatable bonds is 8. The van der Waals surface area contributed by atoms with E-state index in [0.29, 0.717) is 27.1 Å². The Hall–Kier alpha value is -3.76. The third-order valence-electron chi connectivity index (χ3n) is 4.73. The Kier molecular flexibility index (Phi) is 7.19. The molecule has 0 fully saturated rings. The largest absolute Gasteiger partial charge is 0.493 e. The Morgan fingerprint density at radius 2 is 1.76 bits per heavy atom. The van der Waals surface area contributed by atoms with E-state index >= 15 is 0 Å². The number of ether oxygens (including phenoxy) is 3. The fourth-order valence-electron chi connectivity index (χ4n) is 3.06. The van der Waals surface area contributed by atoms with Crippen molar-refractivity contribution < 1.29 is 28.2 Å². The zero-order valence-corrected chi connectivity index (χ0v) is 19.8. The van der Waals surface area contributed by atoms with Crippen LogP contribution in [0.25, 0.3) is 10.6 Å². The van der Waals surface area contributed by atoms with Crippen molar-refractivity contribution in [3.05, 3.63) is 81.2 Å². The molecule has 0 saturated carbocycles. The Morgan fingerprint density at radius 3 is 2.44 bits per heavy atom. The first-order valence-corrected chi connectivity index (χ1v) is 11.7. The minimum atomic E-state index is -0.668. The summed E-state index contributed by atoms with van der Waals surface area (Å²) in [6, 6.07) is 12.4. The van der Waals surface area contributed by atoms with E-state index in [0.717, 1.165) is 5.56 Å². The molecule has 0 radical (unpaired) electrons. The lowest BCUT2D eigenvalue weighted by Gasteiger charge is -2.15. The third kappa shape index (κ3) is 5.24. The number of anilines is 1. The van der Waals surface area contributed by atoms with Gasteiger partial charge in [-0.1, -0.05) is 6.07 Å². The maximum absolute atomic E-state index is 13.2. The average molecular weight is 499 g/mol. The van der Waals surface area contributed by atoms with Crippen molar-refractivity contribution >= 4 is 40.2 Å². The van der Waals surface area contributed by atoms with Gasteiger partial charge < -0.3 is 19.5 Å². The first kappa shape index (κ1) is 23.4. The van der Waals surface area contributed by atoms with Gasteiger partial charge >= 0.3 is 5.97 Å². The Labute approximate surface area is 202 Å². The molecule has 1 N–H and O–H groups in total. The molecule has 0 spiro atoms. The van der Waals surface area contributed by atoms with Gasteiger partial charge in [-0.15, -0.1) is 22.7 Å². The highest BCUT2D eigenvalue weighted by atomic mass is 32.1. The number of nitrogens with one attached hydrogen (secondary N) is 1. The molecule has 0 aliphatic heterocycles. The lowest BCUT2D eigenvalue weighted by Crippen LogP contribution is -2.15. The fraction of sp³-hybridized carbons (Fsp3) is 0.125. The molecule has 0 saturated heterocycles. The lowest BCUT2D eigenvalue weighted by atomic mass is 10.1. The normalized spacial score (nSPS) is 10.6. The number of halogens is 1. The molecule has 174 valence electrons. The van der Waals surface area contributed by atoms with Crippen LogP contribution in [0.3, 0.4) is 0 Å². The van der Waals surface area contributed by atoms with Gasteiger partial charge in [0, 0.05) is 23.1 Å². The maximum atomic E-state index is 13.2. The van der Waals surface area contributed by atoms with Crippen molar-refractivity contribution in [2.24, 2.45) is 0 Å². The van der Waals surface area contributed by atoms with Crippen molar-refractivity contribution in [1.82, 2.24) is 4.98 Å². The number of benzene rings is 2. The zero-order valence-electron chi connectivity index (χ0n) is 18.2. The molecule has 2 heterocycles. The molecule has 0 unspecified atom stereocenters. The van der Waals surface area contributed by atoms with Crippen LogP contribution < -0.4 is 14.8 Å². The van der Waals surface area contributed by atoms with Crippen molar-refractivity contribution in [2.75, 3.05) is 19.5 Å². The minimum absolute atomic E-state index is 0.0802. The van der Waals surface area contributed by atoms with Crippen LogP contribution in [0.2, 0.25) is 0 Å². The maximum Gasteiger partial charge on any atom is 0.340 e. The van der Waals surface area contributed by atoms with E-state index in [2.05, 4.69) is 10.3 Å². The summed E-state index contributed by atoms with van der Waals surface area (Å²) in [7, 11) is 2.91. The Morgan fingerprint density at radius 1 is 1.03 bits per heavy atom. The van der Waals surface area contributed by atoms with Crippen LogP contribution in [0.15, 0.2) is 59.3 Å². The summed E-state index contributed by atoms with van der Waals surface area (Å²) in [4.78, 5) is 30.5. The van der Waals surface area contributed by atoms with E-state index in [-0.39, 0.29) is 29.6 Å². The summed E-state index contributed by atoms with van der Waals surface area (Å²) in [6.45, 7) is -0.0802. The van der Waals surface area contributed by atoms with Gasteiger partial charge in [-0.05, 0) is 35.7 Å². The van der Waals surface area contributed by atoms with Crippen molar-refractivity contribution in [2.45, 2.75) is 6.61 Å². The van der Waals surface area contributed by atoms with Gasteiger partial charge in [-0.2, -0.15) is 0 Å². The molecule has 0 bridgehead atoms. The topological polar surface area (TPSA) is 86.8 Å². The molecule has 0 atom stereocenters. The summed E-state index contributed by atoms with van der Waals surface area (Å²) >= 11 is 2.64. The monoisotopic (exact) mass is 498 g/mol. The summed E-state index contributed by atoms with van der Waals surface area (Å²) in [5.74, 6) is -0.690. The quantitative estimate of drug-likeness (QED) is 0.317. The minimum Gasteiger partial charge on any atom is -0.493 e. The second kappa shape index (κ2) is 10.4. The first-order valence-electron chi connectivity index (χ1n) is 9.97. The van der Waals surface area contributed by atoms with Gasteiger partial charge in [0.15, 0.2) is 11.5 Å². The SMILES string of the molecule is COc1cc(NC(=O)c2cccs2)c(C(=O)OCc2csc(-c3ccc(F)cc3)n2)cc1OC. The van der Waals surface area contributed by atoms with Gasteiger partial charge in [0.05, 0.1) is 36.0 Å². The standard InChI is InChI=1S/C24H19FN2O5S2/c1-30-19-10-17(18(11-20(19)31-2)27-22(28)21-4-3-9-33-21)24(29)32-12-16-13-34-23(26-16)14-5-7-15(25)8-6-14/h3-11,13H,12H2,1-2H3,(H,27,28). The average Bonchev–Trinajstić information content (AvgIpc) is 3.55. The smallest absolute Gasteiger partial charge is 0.340 e. The van der Waals surface area contributed by atoms with Gasteiger partial charge in [0.2, 0.25) is 0 Å². The number of hydrogen-bond acceptors (Lipinski definition) is 8. The number of carbonyl (C=O) groups excluding carboxylic acids is 2. The Balaban J connectivity index is 1.53. The van der Waals surface area contributed by atoms with Gasteiger partial charge in [-0.3, -0.25) is 4.79 Å². The van der Waals surface area contributed by atoms with Crippen LogP contribution >= 0.6 is 22.7 Å². The molecule has 7 nitrogen and oxygen atoms in total. The highest BCUT2D eigenvalue weighted by molar-refractivity contribution is 7.13. The molecule has 4 rings (SSSR count). The second-order valence-corrected chi connectivity index (χ2v) is 8.72. The van der Waals surface area contributed by atoms with Crippen LogP contribution in [-0.2, 0) is 11.3 Å². The van der Waals surface area contributed by atoms with Crippen LogP contribution in [0.5, 0.6) is 11.5 Å². The highest BCUT2D eigenvalue weighted by Crippen LogP contribution is 2.34. The van der Waals surface area contributed by atoms with E-state index < -0.39 is 5.97 Å². The predicted octanol–water partition coefficient (Wildman–Crippen LogP) is 5.64. The number of thiazole rings is 1. The number of carbonyl (C=O) groups is 2. The number of aromatic nitrogens is 1. The molecule has 0 aliphatic carbocycles. The second-order valence-electron chi connectivity index (χ2n) is 6.91. The molecule has 1 amide bonds. The zero-order chi connectivity index (χ0) is 24.1. The number of nitrogens with zero attached hydrogens (tertiary/aromatic N) is 1. The van der Waals surface area contributed by atoms with Crippen molar-refractivity contribution in [1.29, 1.82) is 0 Å². The first-order chi connectivity index (χ1) is 16.5. The third-order valence-corrected chi connectivity index (χ3v) is 6.54. The molecular weight excluding hydrogens is 479 g/mol. The summed E-state index contributed by atoms with van der Waals surface area (Å²) in [5, 5.41) is 6.97. The molecule has 34 heavy (non-hydrogen) atoms. The summed E-state index contributed by atoms with van der Waals surface area (Å²) in [5.41, 5.74) is 1.65. The number of methoxy groups -OCH3 is 2. The van der Waals surface area contributed by atoms with E-state index in [1.807, 2.05) is 0 Å². The van der Waals surface area contributed by atoms with Crippen LogP contribution in [-0.4, -0.2) is 31.1 Å². The highest BCUT2D eigenvalue weighted by Gasteiger charge is 2.21. The molecule has 2 aromatic carbocycles. The van der Waals surface area contributed by atoms with Crippen LogP contribution in [0.4, 0.5) is 10.1 Å². The summed E-state index contributed by atoms with van der Waals surface area (Å²) in [6.07, 6.45) is 0. The molecular formula is C24H19FN2O5S2. The molecule has 10 heteroatoms. The van der Waals surface area contributed by atoms with Crippen LogP contribution in [0, 0.1) is 5.82 Å². The number of esters is 1. The van der Waals surface area contributed by atoms with Gasteiger partial charge in [-0.25, -0.2) is 14.2 Å². The fourth-order valence-corrected chi connectivity index (χ4v) is 4.49. The molecule has 2 aromatic heterocycles. The van der Waals surface area contributed by atoms with Gasteiger partial charge in [0.25, 0.3) is 5.91 Å². The van der Waals surface area contributed by atoms with Crippen molar-refractivity contribution in [3.63, 3.8) is 0 Å². The van der Waals surface area contributed by atoms with E-state index in [9.17, 15) is 14.0 Å². The van der Waals surface area contributed by atoms with E-state index in [4.69, 9.17) is 14.2 Å². The van der Waals surface area contributed by atoms with Gasteiger partial charge in [0.1, 0.15) is 17.4 Å². The van der Waals surface area contributed by atoms with E-state index in [1.165, 1.54) is 61.2 Å². The molecule has 0 aliphatic rings. The lowest BCUT2D eigenvalue weighted by molar-refractivity contribution is 0.0469.